The van der Waals surface area contributed by atoms with Crippen molar-refractivity contribution in [2.24, 2.45) is 11.7 Å². The molecular weight excluding hydrogens is 448 g/mol. The Labute approximate surface area is 188 Å². The van der Waals surface area contributed by atoms with Gasteiger partial charge in [0.15, 0.2) is 0 Å². The van der Waals surface area contributed by atoms with Crippen LogP contribution in [-0.4, -0.2) is 87.1 Å². The summed E-state index contributed by atoms with van der Waals surface area (Å²) in [5.41, 5.74) is 5.73. The Morgan fingerprint density at radius 3 is 1.75 bits per heavy atom. The molecule has 0 rings (SSSR count). The van der Waals surface area contributed by atoms with Gasteiger partial charge in [-0.1, -0.05) is 13.8 Å². The van der Waals surface area contributed by atoms with Crippen molar-refractivity contribution in [3.05, 3.63) is 0 Å². The van der Waals surface area contributed by atoms with E-state index in [2.05, 4.69) is 10.6 Å². The highest BCUT2D eigenvalue weighted by molar-refractivity contribution is 7.98. The third-order valence-electron chi connectivity index (χ3n) is 4.22. The van der Waals surface area contributed by atoms with Crippen LogP contribution in [0.5, 0.6) is 0 Å². The van der Waals surface area contributed by atoms with Crippen LogP contribution in [0, 0.1) is 5.92 Å². The molecule has 3 amide bonds. The van der Waals surface area contributed by atoms with Crippen molar-refractivity contribution in [2.45, 2.75) is 57.3 Å². The summed E-state index contributed by atoms with van der Waals surface area (Å²) in [6.45, 7) is 3.06. The van der Waals surface area contributed by atoms with Gasteiger partial charge in [0.2, 0.25) is 17.7 Å². The van der Waals surface area contributed by atoms with Gasteiger partial charge in [0.25, 0.3) is 0 Å². The number of carboxylic acids is 3. The average molecular weight is 479 g/mol. The van der Waals surface area contributed by atoms with Gasteiger partial charge in [-0.25, -0.2) is 4.79 Å². The van der Waals surface area contributed by atoms with Crippen molar-refractivity contribution < 1.29 is 44.1 Å². The molecule has 0 aliphatic rings. The second kappa shape index (κ2) is 14.2. The minimum absolute atomic E-state index is 0.297. The zero-order valence-electron chi connectivity index (χ0n) is 18.0. The SMILES string of the molecule is CSCCC(N)C(=O)NC(CC(=O)O)C(=O)NC(C(=O)NC(CC(=O)O)C(=O)O)C(C)C. The van der Waals surface area contributed by atoms with Crippen molar-refractivity contribution in [3.8, 4) is 0 Å². The maximum absolute atomic E-state index is 12.6. The molecule has 0 aromatic carbocycles. The first-order valence-electron chi connectivity index (χ1n) is 9.62. The van der Waals surface area contributed by atoms with Gasteiger partial charge in [-0.15, -0.1) is 0 Å². The minimum atomic E-state index is -1.73. The summed E-state index contributed by atoms with van der Waals surface area (Å²) >= 11 is 1.45. The van der Waals surface area contributed by atoms with Crippen LogP contribution in [0.25, 0.3) is 0 Å². The molecule has 0 fully saturated rings. The summed E-state index contributed by atoms with van der Waals surface area (Å²) in [5.74, 6) is -7.13. The second-order valence-electron chi connectivity index (χ2n) is 7.27. The molecule has 182 valence electrons. The molecule has 0 spiro atoms. The monoisotopic (exact) mass is 478 g/mol. The quantitative estimate of drug-likeness (QED) is 0.139. The molecule has 0 bridgehead atoms. The van der Waals surface area contributed by atoms with E-state index >= 15 is 0 Å². The molecule has 0 aliphatic heterocycles. The molecule has 0 radical (unpaired) electrons. The number of hydrogen-bond acceptors (Lipinski definition) is 8. The highest BCUT2D eigenvalue weighted by atomic mass is 32.2. The lowest BCUT2D eigenvalue weighted by atomic mass is 10.0. The van der Waals surface area contributed by atoms with Gasteiger partial charge in [0.1, 0.15) is 18.1 Å². The number of nitrogens with two attached hydrogens (primary N) is 1. The molecule has 32 heavy (non-hydrogen) atoms. The van der Waals surface area contributed by atoms with Crippen LogP contribution < -0.4 is 21.7 Å². The molecule has 0 heterocycles. The fraction of sp³-hybridized carbons (Fsp3) is 0.667. The number of aliphatic carboxylic acids is 3. The molecule has 0 saturated heterocycles. The van der Waals surface area contributed by atoms with Crippen LogP contribution in [-0.2, 0) is 28.8 Å². The largest absolute Gasteiger partial charge is 0.481 e. The topological polar surface area (TPSA) is 225 Å². The van der Waals surface area contributed by atoms with Crippen LogP contribution in [0.4, 0.5) is 0 Å². The molecule has 13 nitrogen and oxygen atoms in total. The molecule has 4 unspecified atom stereocenters. The van der Waals surface area contributed by atoms with E-state index in [9.17, 15) is 28.8 Å². The van der Waals surface area contributed by atoms with Gasteiger partial charge in [-0.05, 0) is 24.3 Å². The first-order valence-corrected chi connectivity index (χ1v) is 11.0. The average Bonchev–Trinajstić information content (AvgIpc) is 2.67. The van der Waals surface area contributed by atoms with Gasteiger partial charge in [0, 0.05) is 0 Å². The lowest BCUT2D eigenvalue weighted by Gasteiger charge is -2.26. The van der Waals surface area contributed by atoms with Crippen molar-refractivity contribution in [1.29, 1.82) is 0 Å². The smallest absolute Gasteiger partial charge is 0.326 e. The Bertz CT molecular complexity index is 717. The zero-order valence-corrected chi connectivity index (χ0v) is 18.8. The number of carbonyl (C=O) groups excluding carboxylic acids is 3. The van der Waals surface area contributed by atoms with Crippen molar-refractivity contribution >= 4 is 47.4 Å². The number of thioether (sulfide) groups is 1. The Balaban J connectivity index is 5.41. The number of carboxylic acid groups (broad SMARTS) is 3. The lowest BCUT2D eigenvalue weighted by molar-refractivity contribution is -0.147. The summed E-state index contributed by atoms with van der Waals surface area (Å²) < 4.78 is 0. The van der Waals surface area contributed by atoms with Crippen molar-refractivity contribution in [2.75, 3.05) is 12.0 Å². The van der Waals surface area contributed by atoms with E-state index in [1.54, 1.807) is 0 Å². The van der Waals surface area contributed by atoms with Gasteiger partial charge in [-0.2, -0.15) is 11.8 Å². The van der Waals surface area contributed by atoms with E-state index in [1.807, 2.05) is 11.6 Å². The molecule has 8 N–H and O–H groups in total. The Kier molecular flexibility index (Phi) is 13.0. The van der Waals surface area contributed by atoms with Crippen LogP contribution in [0.1, 0.15) is 33.1 Å². The van der Waals surface area contributed by atoms with E-state index in [0.717, 1.165) is 0 Å². The molecule has 0 aromatic heterocycles. The standard InChI is InChI=1S/C18H30N4O9S/c1-8(2)14(17(29)21-11(18(30)31)7-13(25)26)22-16(28)10(6-12(23)24)20-15(27)9(19)4-5-32-3/h8-11,14H,4-7,19H2,1-3H3,(H,20,27)(H,21,29)(H,22,28)(H,23,24)(H,25,26)(H,30,31). The second-order valence-corrected chi connectivity index (χ2v) is 8.26. The van der Waals surface area contributed by atoms with Crippen LogP contribution in [0.3, 0.4) is 0 Å². The van der Waals surface area contributed by atoms with E-state index in [0.29, 0.717) is 12.2 Å². The third kappa shape index (κ3) is 10.9. The first-order chi connectivity index (χ1) is 14.8. The molecule has 0 saturated carbocycles. The number of nitrogens with one attached hydrogen (secondary N) is 3. The Morgan fingerprint density at radius 1 is 0.812 bits per heavy atom. The number of carbonyl (C=O) groups is 6. The van der Waals surface area contributed by atoms with E-state index in [1.165, 1.54) is 25.6 Å². The number of hydrogen-bond donors (Lipinski definition) is 7. The maximum Gasteiger partial charge on any atom is 0.326 e. The fourth-order valence-electron chi connectivity index (χ4n) is 2.46. The van der Waals surface area contributed by atoms with Crippen LogP contribution in [0.2, 0.25) is 0 Å². The minimum Gasteiger partial charge on any atom is -0.481 e. The van der Waals surface area contributed by atoms with E-state index in [4.69, 9.17) is 21.1 Å². The Hall–Kier alpha value is -2.87. The van der Waals surface area contributed by atoms with E-state index in [-0.39, 0.29) is 0 Å². The van der Waals surface area contributed by atoms with Crippen LogP contribution >= 0.6 is 11.8 Å². The fourth-order valence-corrected chi connectivity index (χ4v) is 2.95. The molecular formula is C18H30N4O9S. The summed E-state index contributed by atoms with van der Waals surface area (Å²) in [4.78, 5) is 70.5. The highest BCUT2D eigenvalue weighted by Crippen LogP contribution is 2.06. The normalized spacial score (nSPS) is 14.5. The predicted octanol–water partition coefficient (Wildman–Crippen LogP) is -1.79. The van der Waals surface area contributed by atoms with E-state index < -0.39 is 78.6 Å². The number of amides is 3. The number of rotatable bonds is 15. The summed E-state index contributed by atoms with van der Waals surface area (Å²) in [5, 5.41) is 33.5. The lowest BCUT2D eigenvalue weighted by Crippen LogP contribution is -2.59. The molecule has 0 aromatic rings. The third-order valence-corrected chi connectivity index (χ3v) is 4.87. The zero-order chi connectivity index (χ0) is 25.0. The molecule has 4 atom stereocenters. The van der Waals surface area contributed by atoms with Gasteiger partial charge in [-0.3, -0.25) is 24.0 Å². The molecule has 0 aliphatic carbocycles. The van der Waals surface area contributed by atoms with Crippen molar-refractivity contribution in [1.82, 2.24) is 16.0 Å². The van der Waals surface area contributed by atoms with Gasteiger partial charge < -0.3 is 37.0 Å². The highest BCUT2D eigenvalue weighted by Gasteiger charge is 2.33. The molecule has 14 heteroatoms. The summed E-state index contributed by atoms with van der Waals surface area (Å²) in [6, 6.07) is -5.56. The predicted molar refractivity (Wildman–Crippen MR) is 114 cm³/mol. The van der Waals surface area contributed by atoms with Crippen molar-refractivity contribution in [3.63, 3.8) is 0 Å². The maximum atomic E-state index is 12.6. The first kappa shape index (κ1) is 29.1. The summed E-state index contributed by atoms with van der Waals surface area (Å²) in [7, 11) is 0. The van der Waals surface area contributed by atoms with Gasteiger partial charge in [0.05, 0.1) is 18.9 Å². The van der Waals surface area contributed by atoms with Crippen LogP contribution in [0.15, 0.2) is 0 Å². The Morgan fingerprint density at radius 2 is 1.31 bits per heavy atom. The summed E-state index contributed by atoms with van der Waals surface area (Å²) in [6.07, 6.45) is 0.445. The van der Waals surface area contributed by atoms with Gasteiger partial charge >= 0.3 is 17.9 Å².